The van der Waals surface area contributed by atoms with E-state index in [0.717, 1.165) is 10.8 Å². The zero-order chi connectivity index (χ0) is 29.6. The summed E-state index contributed by atoms with van der Waals surface area (Å²) in [4.78, 5) is 42.5. The highest BCUT2D eigenvalue weighted by Gasteiger charge is 2.39. The van der Waals surface area contributed by atoms with Crippen LogP contribution in [0.1, 0.15) is 66.5 Å². The van der Waals surface area contributed by atoms with Crippen LogP contribution in [0.15, 0.2) is 66.7 Å². The molecule has 3 aromatic carbocycles. The third-order valence-electron chi connectivity index (χ3n) is 6.68. The summed E-state index contributed by atoms with van der Waals surface area (Å²) in [5, 5.41) is 17.7. The Kier molecular flexibility index (Phi) is 9.79. The number of hydrogen-bond donors (Lipinski definition) is 3. The van der Waals surface area contributed by atoms with Crippen molar-refractivity contribution in [1.29, 1.82) is 0 Å². The molecule has 0 bridgehead atoms. The Morgan fingerprint density at radius 2 is 1.55 bits per heavy atom. The van der Waals surface area contributed by atoms with Crippen LogP contribution in [-0.2, 0) is 14.3 Å². The molecule has 3 rings (SSSR count). The number of benzene rings is 3. The number of phenols is 1. The lowest BCUT2D eigenvalue weighted by atomic mass is 9.96. The maximum absolute atomic E-state index is 14.2. The van der Waals surface area contributed by atoms with Gasteiger partial charge in [0.05, 0.1) is 0 Å². The summed E-state index contributed by atoms with van der Waals surface area (Å²) in [5.41, 5.74) is 0.389. The topological polar surface area (TPSA) is 108 Å². The number of carbonyl (C=O) groups excluding carboxylic acids is 3. The Morgan fingerprint density at radius 1 is 0.925 bits per heavy atom. The second-order valence-electron chi connectivity index (χ2n) is 11.4. The van der Waals surface area contributed by atoms with Crippen LogP contribution in [0.3, 0.4) is 0 Å². The number of anilines is 1. The van der Waals surface area contributed by atoms with Gasteiger partial charge in [-0.1, -0.05) is 63.2 Å². The quantitative estimate of drug-likeness (QED) is 0.287. The van der Waals surface area contributed by atoms with Crippen molar-refractivity contribution >= 4 is 34.4 Å². The Balaban J connectivity index is 2.03. The number of aromatic hydroxyl groups is 1. The van der Waals surface area contributed by atoms with Gasteiger partial charge >= 0.3 is 6.09 Å². The van der Waals surface area contributed by atoms with Crippen molar-refractivity contribution < 1.29 is 24.2 Å². The number of phenolic OH excluding ortho intramolecular Hbond substituents is 1. The molecule has 0 aliphatic carbocycles. The summed E-state index contributed by atoms with van der Waals surface area (Å²) in [6, 6.07) is 17.4. The van der Waals surface area contributed by atoms with E-state index in [2.05, 4.69) is 10.6 Å². The van der Waals surface area contributed by atoms with Gasteiger partial charge in [0.15, 0.2) is 0 Å². The molecule has 3 unspecified atom stereocenters. The molecular formula is C32H41N3O5. The molecule has 0 fully saturated rings. The van der Waals surface area contributed by atoms with Crippen molar-refractivity contribution in [2.24, 2.45) is 5.92 Å². The average molecular weight is 548 g/mol. The number of hydrogen-bond acceptors (Lipinski definition) is 5. The molecule has 214 valence electrons. The van der Waals surface area contributed by atoms with Crippen LogP contribution in [0.5, 0.6) is 5.75 Å². The molecule has 8 heteroatoms. The van der Waals surface area contributed by atoms with Gasteiger partial charge in [0.1, 0.15) is 23.4 Å². The third kappa shape index (κ3) is 7.74. The molecule has 3 amide bonds. The molecule has 0 saturated carbocycles. The number of fused-ring (bicyclic) bond motifs is 1. The molecule has 0 saturated heterocycles. The summed E-state index contributed by atoms with van der Waals surface area (Å²) < 4.78 is 5.43. The molecule has 8 nitrogen and oxygen atoms in total. The monoisotopic (exact) mass is 547 g/mol. The van der Waals surface area contributed by atoms with E-state index in [9.17, 15) is 19.5 Å². The number of nitrogens with zero attached hydrogens (tertiary/aromatic N) is 1. The molecule has 3 atom stereocenters. The van der Waals surface area contributed by atoms with Crippen LogP contribution in [0, 0.1) is 5.92 Å². The summed E-state index contributed by atoms with van der Waals surface area (Å²) in [7, 11) is 0. The second-order valence-corrected chi connectivity index (χ2v) is 11.4. The van der Waals surface area contributed by atoms with Crippen molar-refractivity contribution in [2.75, 3.05) is 5.32 Å². The van der Waals surface area contributed by atoms with Gasteiger partial charge in [0.25, 0.3) is 5.91 Å². The lowest BCUT2D eigenvalue weighted by Crippen LogP contribution is -2.56. The highest BCUT2D eigenvalue weighted by atomic mass is 16.6. The normalized spacial score (nSPS) is 13.8. The van der Waals surface area contributed by atoms with Crippen molar-refractivity contribution in [3.05, 3.63) is 72.3 Å². The molecule has 0 aliphatic heterocycles. The molecule has 0 heterocycles. The number of ether oxygens (including phenoxy) is 1. The fourth-order valence-corrected chi connectivity index (χ4v) is 4.48. The Bertz CT molecular complexity index is 1330. The summed E-state index contributed by atoms with van der Waals surface area (Å²) in [6.07, 6.45) is -0.133. The van der Waals surface area contributed by atoms with E-state index in [1.165, 1.54) is 17.0 Å². The molecule has 0 aromatic heterocycles. The van der Waals surface area contributed by atoms with E-state index in [0.29, 0.717) is 17.7 Å². The smallest absolute Gasteiger partial charge is 0.408 e. The first-order chi connectivity index (χ1) is 18.8. The van der Waals surface area contributed by atoms with Gasteiger partial charge in [-0.15, -0.1) is 0 Å². The van der Waals surface area contributed by atoms with Crippen LogP contribution >= 0.6 is 0 Å². The highest BCUT2D eigenvalue weighted by Crippen LogP contribution is 2.30. The van der Waals surface area contributed by atoms with Crippen LogP contribution < -0.4 is 10.6 Å². The molecular weight excluding hydrogens is 506 g/mol. The molecule has 0 spiro atoms. The molecule has 40 heavy (non-hydrogen) atoms. The molecule has 3 aromatic rings. The van der Waals surface area contributed by atoms with Crippen LogP contribution in [-0.4, -0.2) is 45.6 Å². The van der Waals surface area contributed by atoms with E-state index in [4.69, 9.17) is 4.74 Å². The van der Waals surface area contributed by atoms with Crippen molar-refractivity contribution in [1.82, 2.24) is 10.2 Å². The molecule has 0 radical (unpaired) electrons. The van der Waals surface area contributed by atoms with Gasteiger partial charge in [-0.25, -0.2) is 4.79 Å². The number of nitrogens with one attached hydrogen (secondary N) is 2. The van der Waals surface area contributed by atoms with E-state index in [-0.39, 0.29) is 17.7 Å². The Labute approximate surface area is 236 Å². The number of carbonyl (C=O) groups is 3. The number of rotatable bonds is 9. The first-order valence-corrected chi connectivity index (χ1v) is 13.7. The van der Waals surface area contributed by atoms with Gasteiger partial charge < -0.3 is 25.4 Å². The maximum Gasteiger partial charge on any atom is 0.408 e. The third-order valence-corrected chi connectivity index (χ3v) is 6.68. The maximum atomic E-state index is 14.2. The Morgan fingerprint density at radius 3 is 2.12 bits per heavy atom. The van der Waals surface area contributed by atoms with E-state index in [1.54, 1.807) is 32.9 Å². The standard InChI is InChI=1S/C32H41N3O5/c1-8-21(4)35(30(38)27(20(2)3)34-31(39)40-32(5,6)7)28(23-14-17-26(36)18-15-23)29(37)33-25-16-13-22-11-9-10-12-24(22)19-25/h9-21,27-28,36H,8H2,1-7H3,(H,33,37)(H,34,39). The van der Waals surface area contributed by atoms with Crippen LogP contribution in [0.2, 0.25) is 0 Å². The highest BCUT2D eigenvalue weighted by molar-refractivity contribution is 6.00. The molecule has 0 aliphatic rings. The lowest BCUT2D eigenvalue weighted by molar-refractivity contribution is -0.144. The fourth-order valence-electron chi connectivity index (χ4n) is 4.48. The minimum atomic E-state index is -1.03. The van der Waals surface area contributed by atoms with Crippen molar-refractivity contribution in [2.45, 2.75) is 78.6 Å². The fraction of sp³-hybridized carbons (Fsp3) is 0.406. The van der Waals surface area contributed by atoms with Crippen molar-refractivity contribution in [3.8, 4) is 5.75 Å². The summed E-state index contributed by atoms with van der Waals surface area (Å²) in [5.74, 6) is -1.04. The Hall–Kier alpha value is -4.07. The summed E-state index contributed by atoms with van der Waals surface area (Å²) in [6.45, 7) is 12.7. The number of amides is 3. The van der Waals surface area contributed by atoms with Crippen molar-refractivity contribution in [3.63, 3.8) is 0 Å². The SMILES string of the molecule is CCC(C)N(C(=O)C(NC(=O)OC(C)(C)C)C(C)C)C(C(=O)Nc1ccc2ccccc2c1)c1ccc(O)cc1. The van der Waals surface area contributed by atoms with Gasteiger partial charge in [0, 0.05) is 11.7 Å². The summed E-state index contributed by atoms with van der Waals surface area (Å²) >= 11 is 0. The first kappa shape index (κ1) is 30.5. The van der Waals surface area contributed by atoms with Gasteiger partial charge in [-0.2, -0.15) is 0 Å². The lowest BCUT2D eigenvalue weighted by Gasteiger charge is -2.39. The zero-order valence-electron chi connectivity index (χ0n) is 24.4. The van der Waals surface area contributed by atoms with E-state index in [1.807, 2.05) is 70.2 Å². The van der Waals surface area contributed by atoms with Gasteiger partial charge in [-0.05, 0) is 80.6 Å². The average Bonchev–Trinajstić information content (AvgIpc) is 2.89. The predicted molar refractivity (Wildman–Crippen MR) is 158 cm³/mol. The minimum absolute atomic E-state index is 0.0468. The largest absolute Gasteiger partial charge is 0.508 e. The first-order valence-electron chi connectivity index (χ1n) is 13.7. The van der Waals surface area contributed by atoms with E-state index >= 15 is 0 Å². The number of alkyl carbamates (subject to hydrolysis) is 1. The van der Waals surface area contributed by atoms with E-state index < -0.39 is 35.6 Å². The minimum Gasteiger partial charge on any atom is -0.508 e. The van der Waals surface area contributed by atoms with Crippen LogP contribution in [0.25, 0.3) is 10.8 Å². The predicted octanol–water partition coefficient (Wildman–Crippen LogP) is 6.40. The van der Waals surface area contributed by atoms with Gasteiger partial charge in [-0.3, -0.25) is 9.59 Å². The second kappa shape index (κ2) is 12.9. The van der Waals surface area contributed by atoms with Gasteiger partial charge in [0.2, 0.25) is 5.91 Å². The molecule has 3 N–H and O–H groups in total. The van der Waals surface area contributed by atoms with Crippen LogP contribution in [0.4, 0.5) is 10.5 Å². The zero-order valence-corrected chi connectivity index (χ0v) is 24.4.